The largest absolute Gasteiger partial charge is 0.490 e. The Balaban J connectivity index is 1.63. The van der Waals surface area contributed by atoms with Crippen molar-refractivity contribution < 1.29 is 22.7 Å². The first-order valence-electron chi connectivity index (χ1n) is 8.70. The molecule has 10 heteroatoms. The monoisotopic (exact) mass is 410 g/mol. The number of hydrogen-bond acceptors (Lipinski definition) is 5. The van der Waals surface area contributed by atoms with Gasteiger partial charge in [0, 0.05) is 28.7 Å². The summed E-state index contributed by atoms with van der Waals surface area (Å²) in [5.74, 6) is -0.548. The molecule has 4 rings (SSSR count). The molecule has 28 heavy (non-hydrogen) atoms. The molecule has 0 fully saturated rings. The Morgan fingerprint density at radius 3 is 2.75 bits per heavy atom. The van der Waals surface area contributed by atoms with E-state index in [0.29, 0.717) is 11.3 Å². The maximum atomic E-state index is 13.0. The fraction of sp³-hybridized carbons (Fsp3) is 0.389. The smallest absolute Gasteiger partial charge is 0.451 e. The van der Waals surface area contributed by atoms with Crippen molar-refractivity contribution in [3.63, 3.8) is 0 Å². The number of alkyl halides is 3. The number of ether oxygens (including phenoxy) is 1. The number of amides is 1. The van der Waals surface area contributed by atoms with Gasteiger partial charge in [-0.1, -0.05) is 0 Å². The van der Waals surface area contributed by atoms with E-state index >= 15 is 0 Å². The van der Waals surface area contributed by atoms with Crippen LogP contribution in [0.3, 0.4) is 0 Å². The van der Waals surface area contributed by atoms with E-state index in [4.69, 9.17) is 4.74 Å². The molecule has 0 atom stereocenters. The van der Waals surface area contributed by atoms with Crippen molar-refractivity contribution in [2.75, 3.05) is 6.54 Å². The molecular weight excluding hydrogens is 393 g/mol. The van der Waals surface area contributed by atoms with Gasteiger partial charge < -0.3 is 14.2 Å². The highest BCUT2D eigenvalue weighted by Crippen LogP contribution is 2.33. The van der Waals surface area contributed by atoms with E-state index in [-0.39, 0.29) is 37.5 Å². The molecule has 0 aliphatic carbocycles. The Hall–Kier alpha value is -2.62. The van der Waals surface area contributed by atoms with E-state index in [1.807, 2.05) is 25.3 Å². The van der Waals surface area contributed by atoms with Gasteiger partial charge in [-0.3, -0.25) is 4.79 Å². The fourth-order valence-electron chi connectivity index (χ4n) is 3.24. The number of thiophene rings is 1. The summed E-state index contributed by atoms with van der Waals surface area (Å²) in [6.07, 6.45) is -4.62. The quantitative estimate of drug-likeness (QED) is 0.656. The lowest BCUT2D eigenvalue weighted by atomic mass is 10.1. The Morgan fingerprint density at radius 1 is 1.25 bits per heavy atom. The number of carbonyl (C=O) groups is 1. The number of carbonyl (C=O) groups excluding carboxylic acids is 1. The maximum Gasteiger partial charge on any atom is 0.451 e. The molecule has 0 radical (unpaired) electrons. The second-order valence-corrected chi connectivity index (χ2v) is 7.74. The Kier molecular flexibility index (Phi) is 4.53. The number of halogens is 3. The minimum Gasteiger partial charge on any atom is -0.490 e. The van der Waals surface area contributed by atoms with Crippen LogP contribution in [0.1, 0.15) is 35.9 Å². The molecule has 2 aromatic heterocycles. The Bertz CT molecular complexity index is 1040. The van der Waals surface area contributed by atoms with Crippen molar-refractivity contribution >= 4 is 27.3 Å². The summed E-state index contributed by atoms with van der Waals surface area (Å²) < 4.78 is 46.7. The maximum absolute atomic E-state index is 13.0. The summed E-state index contributed by atoms with van der Waals surface area (Å²) >= 11 is 1.50. The summed E-state index contributed by atoms with van der Waals surface area (Å²) in [5.41, 5.74) is 0.439. The molecule has 148 valence electrons. The van der Waals surface area contributed by atoms with Gasteiger partial charge in [0.05, 0.1) is 12.6 Å². The van der Waals surface area contributed by atoms with E-state index in [2.05, 4.69) is 10.2 Å². The van der Waals surface area contributed by atoms with Gasteiger partial charge in [0.25, 0.3) is 5.91 Å². The van der Waals surface area contributed by atoms with Gasteiger partial charge >= 0.3 is 6.18 Å². The third-order valence-electron chi connectivity index (χ3n) is 4.44. The van der Waals surface area contributed by atoms with Crippen molar-refractivity contribution in [1.29, 1.82) is 0 Å². The zero-order valence-electron chi connectivity index (χ0n) is 15.2. The van der Waals surface area contributed by atoms with Crippen LogP contribution >= 0.6 is 11.3 Å². The van der Waals surface area contributed by atoms with Crippen LogP contribution in [0.4, 0.5) is 13.2 Å². The topological polar surface area (TPSA) is 60.2 Å². The first kappa shape index (κ1) is 18.7. The number of hydrogen-bond donors (Lipinski definition) is 0. The van der Waals surface area contributed by atoms with E-state index in [9.17, 15) is 18.0 Å². The van der Waals surface area contributed by atoms with Gasteiger partial charge in [-0.2, -0.15) is 13.2 Å². The second kappa shape index (κ2) is 6.77. The van der Waals surface area contributed by atoms with E-state index < -0.39 is 12.0 Å². The molecule has 1 aliphatic rings. The predicted octanol–water partition coefficient (Wildman–Crippen LogP) is 3.95. The predicted molar refractivity (Wildman–Crippen MR) is 97.4 cm³/mol. The molecule has 3 heterocycles. The van der Waals surface area contributed by atoms with E-state index in [1.54, 1.807) is 12.1 Å². The van der Waals surface area contributed by atoms with Crippen molar-refractivity contribution in [2.45, 2.75) is 39.2 Å². The molecule has 3 aromatic rings. The number of rotatable bonds is 3. The minimum absolute atomic E-state index is 0.000482. The molecule has 1 aliphatic heterocycles. The van der Waals surface area contributed by atoms with E-state index in [0.717, 1.165) is 14.7 Å². The molecule has 0 spiro atoms. The third-order valence-corrected chi connectivity index (χ3v) is 5.30. The van der Waals surface area contributed by atoms with Gasteiger partial charge in [0.2, 0.25) is 5.82 Å². The molecule has 0 saturated carbocycles. The zero-order chi connectivity index (χ0) is 20.1. The van der Waals surface area contributed by atoms with Crippen LogP contribution in [-0.4, -0.2) is 38.2 Å². The lowest BCUT2D eigenvalue weighted by Gasteiger charge is -2.28. The number of fused-ring (bicyclic) bond motifs is 2. The molecule has 1 amide bonds. The van der Waals surface area contributed by atoms with Crippen LogP contribution in [0.2, 0.25) is 0 Å². The van der Waals surface area contributed by atoms with Crippen LogP contribution in [-0.2, 0) is 19.3 Å². The third kappa shape index (κ3) is 3.32. The van der Waals surface area contributed by atoms with Crippen LogP contribution < -0.4 is 4.74 Å². The number of aromatic nitrogens is 3. The van der Waals surface area contributed by atoms with Gasteiger partial charge in [0.15, 0.2) is 5.82 Å². The van der Waals surface area contributed by atoms with Crippen molar-refractivity contribution in [3.8, 4) is 5.75 Å². The molecule has 0 N–H and O–H groups in total. The average molecular weight is 410 g/mol. The second-order valence-electron chi connectivity index (χ2n) is 6.79. The molecule has 0 bridgehead atoms. The minimum atomic E-state index is -4.56. The van der Waals surface area contributed by atoms with Crippen LogP contribution in [0.5, 0.6) is 5.75 Å². The standard InChI is InChI=1S/C18H17F3N4O2S/c1-10(2)27-13-7-11(8-14-12(13)3-6-28-14)16(26)24-4-5-25-15(9-24)22-23-17(25)18(19,20)21/h3,6-8,10H,4-5,9H2,1-2H3. The normalized spacial score (nSPS) is 14.6. The van der Waals surface area contributed by atoms with Crippen molar-refractivity contribution in [2.24, 2.45) is 0 Å². The first-order chi connectivity index (χ1) is 13.2. The summed E-state index contributed by atoms with van der Waals surface area (Å²) in [5, 5.41) is 9.73. The average Bonchev–Trinajstić information content (AvgIpc) is 3.26. The van der Waals surface area contributed by atoms with E-state index in [1.165, 1.54) is 16.2 Å². The van der Waals surface area contributed by atoms with Crippen LogP contribution in [0.25, 0.3) is 10.1 Å². The zero-order valence-corrected chi connectivity index (χ0v) is 16.0. The molecule has 0 saturated heterocycles. The lowest BCUT2D eigenvalue weighted by Crippen LogP contribution is -2.39. The van der Waals surface area contributed by atoms with Crippen molar-refractivity contribution in [3.05, 3.63) is 40.8 Å². The highest BCUT2D eigenvalue weighted by molar-refractivity contribution is 7.17. The van der Waals surface area contributed by atoms with Gasteiger partial charge in [0.1, 0.15) is 5.75 Å². The highest BCUT2D eigenvalue weighted by atomic mass is 32.1. The SMILES string of the molecule is CC(C)Oc1cc(C(=O)N2CCn3c(nnc3C(F)(F)F)C2)cc2sccc12. The highest BCUT2D eigenvalue weighted by Gasteiger charge is 2.40. The summed E-state index contributed by atoms with van der Waals surface area (Å²) in [6, 6.07) is 5.42. The van der Waals surface area contributed by atoms with Crippen molar-refractivity contribution in [1.82, 2.24) is 19.7 Å². The van der Waals surface area contributed by atoms with Crippen LogP contribution in [0.15, 0.2) is 23.6 Å². The number of benzene rings is 1. The van der Waals surface area contributed by atoms with Gasteiger partial charge in [-0.25, -0.2) is 0 Å². The van der Waals surface area contributed by atoms with Crippen LogP contribution in [0, 0.1) is 0 Å². The van der Waals surface area contributed by atoms with Gasteiger partial charge in [-0.05, 0) is 37.4 Å². The molecular formula is C18H17F3N4O2S. The Labute approximate surface area is 162 Å². The first-order valence-corrected chi connectivity index (χ1v) is 9.58. The lowest BCUT2D eigenvalue weighted by molar-refractivity contribution is -0.147. The Morgan fingerprint density at radius 2 is 2.04 bits per heavy atom. The molecule has 1 aromatic carbocycles. The number of nitrogens with zero attached hydrogens (tertiary/aromatic N) is 4. The summed E-state index contributed by atoms with van der Waals surface area (Å²) in [6.45, 7) is 3.94. The fourth-order valence-corrected chi connectivity index (χ4v) is 4.08. The molecule has 0 unspecified atom stereocenters. The molecule has 6 nitrogen and oxygen atoms in total. The summed E-state index contributed by atoms with van der Waals surface area (Å²) in [4.78, 5) is 14.5. The summed E-state index contributed by atoms with van der Waals surface area (Å²) in [7, 11) is 0. The van der Waals surface area contributed by atoms with Gasteiger partial charge in [-0.15, -0.1) is 21.5 Å².